The van der Waals surface area contributed by atoms with Gasteiger partial charge in [-0.05, 0) is 24.6 Å². The summed E-state index contributed by atoms with van der Waals surface area (Å²) in [5.41, 5.74) is 0.776. The van der Waals surface area contributed by atoms with Crippen LogP contribution < -0.4 is 10.2 Å². The molecule has 1 aliphatic rings. The Morgan fingerprint density at radius 3 is 2.70 bits per heavy atom. The summed E-state index contributed by atoms with van der Waals surface area (Å²) in [6.07, 6.45) is 1.89. The van der Waals surface area contributed by atoms with Crippen molar-refractivity contribution in [2.45, 2.75) is 26.7 Å². The molecule has 1 saturated heterocycles. The molecule has 2 atom stereocenters. The van der Waals surface area contributed by atoms with E-state index in [1.54, 1.807) is 17.0 Å². The molecule has 1 aliphatic heterocycles. The highest BCUT2D eigenvalue weighted by atomic mass is 35.5. The summed E-state index contributed by atoms with van der Waals surface area (Å²) in [5.74, 6) is 1.61. The molecule has 0 aliphatic carbocycles. The predicted molar refractivity (Wildman–Crippen MR) is 83.2 cm³/mol. The van der Waals surface area contributed by atoms with Crippen LogP contribution in [-0.2, 0) is 4.79 Å². The van der Waals surface area contributed by atoms with Crippen molar-refractivity contribution in [1.82, 2.24) is 0 Å². The highest BCUT2D eigenvalue weighted by molar-refractivity contribution is 6.30. The molecule has 1 fully saturated rings. The normalized spacial score (nSPS) is 26.2. The van der Waals surface area contributed by atoms with Crippen molar-refractivity contribution >= 4 is 23.2 Å². The first-order chi connectivity index (χ1) is 9.52. The topological polar surface area (TPSA) is 33.5 Å². The molecule has 0 radical (unpaired) electrons. The van der Waals surface area contributed by atoms with Crippen LogP contribution in [0.1, 0.15) is 26.7 Å². The van der Waals surface area contributed by atoms with Crippen LogP contribution >= 0.6 is 11.6 Å². The van der Waals surface area contributed by atoms with Crippen LogP contribution in [0.3, 0.4) is 0 Å². The number of amides is 1. The van der Waals surface area contributed by atoms with E-state index in [4.69, 9.17) is 11.6 Å². The molecule has 0 aromatic heterocycles. The quantitative estimate of drug-likeness (QED) is 0.877. The van der Waals surface area contributed by atoms with Gasteiger partial charge >= 0.3 is 0 Å². The van der Waals surface area contributed by atoms with E-state index in [0.717, 1.165) is 24.1 Å². The maximum absolute atomic E-state index is 12.0. The first kappa shape index (κ1) is 15.3. The van der Waals surface area contributed by atoms with E-state index in [9.17, 15) is 4.79 Å². The van der Waals surface area contributed by atoms with E-state index in [0.29, 0.717) is 11.4 Å². The minimum atomic E-state index is 0.0747. The summed E-state index contributed by atoms with van der Waals surface area (Å²) in [6, 6.07) is 7.29. The molecule has 1 amide bonds. The second-order valence-electron chi connectivity index (χ2n) is 6.16. The van der Waals surface area contributed by atoms with Crippen LogP contribution in [0.4, 0.5) is 5.69 Å². The molecule has 0 unspecified atom stereocenters. The van der Waals surface area contributed by atoms with Gasteiger partial charge in [0.2, 0.25) is 5.91 Å². The van der Waals surface area contributed by atoms with Crippen LogP contribution in [-0.4, -0.2) is 25.5 Å². The zero-order valence-electron chi connectivity index (χ0n) is 12.3. The molecule has 0 saturated carbocycles. The van der Waals surface area contributed by atoms with Gasteiger partial charge in [0.05, 0.1) is 26.1 Å². The highest BCUT2D eigenvalue weighted by Crippen LogP contribution is 2.15. The first-order valence-corrected chi connectivity index (χ1v) is 7.79. The number of piperidine rings is 1. The zero-order valence-corrected chi connectivity index (χ0v) is 13.0. The Kier molecular flexibility index (Phi) is 5.44. The van der Waals surface area contributed by atoms with E-state index < -0.39 is 0 Å². The summed E-state index contributed by atoms with van der Waals surface area (Å²) < 4.78 is 0. The maximum Gasteiger partial charge on any atom is 0.230 e. The molecule has 0 bridgehead atoms. The van der Waals surface area contributed by atoms with Crippen LogP contribution in [0.5, 0.6) is 0 Å². The number of carbonyl (C=O) groups excluding carboxylic acids is 1. The van der Waals surface area contributed by atoms with Crippen molar-refractivity contribution in [1.29, 1.82) is 0 Å². The van der Waals surface area contributed by atoms with Crippen molar-refractivity contribution in [2.24, 2.45) is 11.8 Å². The lowest BCUT2D eigenvalue weighted by Crippen LogP contribution is -3.14. The highest BCUT2D eigenvalue weighted by Gasteiger charge is 2.25. The summed E-state index contributed by atoms with van der Waals surface area (Å²) in [6.45, 7) is 7.91. The number of benzene rings is 1. The van der Waals surface area contributed by atoms with Crippen molar-refractivity contribution < 1.29 is 9.69 Å². The lowest BCUT2D eigenvalue weighted by Gasteiger charge is -2.31. The van der Waals surface area contributed by atoms with E-state index in [1.165, 1.54) is 19.5 Å². The van der Waals surface area contributed by atoms with Gasteiger partial charge in [-0.25, -0.2) is 0 Å². The molecule has 110 valence electrons. The molecule has 1 aromatic rings. The Labute approximate surface area is 126 Å². The Hall–Kier alpha value is -1.06. The van der Waals surface area contributed by atoms with Gasteiger partial charge < -0.3 is 10.2 Å². The molecule has 20 heavy (non-hydrogen) atoms. The average Bonchev–Trinajstić information content (AvgIpc) is 2.35. The molecule has 0 spiro atoms. The van der Waals surface area contributed by atoms with E-state index >= 15 is 0 Å². The van der Waals surface area contributed by atoms with Crippen molar-refractivity contribution in [3.8, 4) is 0 Å². The summed E-state index contributed by atoms with van der Waals surface area (Å²) in [5, 5.41) is 3.55. The fraction of sp³-hybridized carbons (Fsp3) is 0.562. The SMILES string of the molecule is C[C@H]1C[C@H](C)C[NH+](CCC(=O)Nc2cccc(Cl)c2)C1. The Morgan fingerprint density at radius 1 is 1.35 bits per heavy atom. The van der Waals surface area contributed by atoms with Crippen molar-refractivity contribution in [3.63, 3.8) is 0 Å². The van der Waals surface area contributed by atoms with Crippen LogP contribution in [0.25, 0.3) is 0 Å². The number of likely N-dealkylation sites (tertiary alicyclic amines) is 1. The third-order valence-electron chi connectivity index (χ3n) is 3.89. The minimum absolute atomic E-state index is 0.0747. The molecule has 3 nitrogen and oxygen atoms in total. The van der Waals surface area contributed by atoms with Gasteiger partial charge in [-0.1, -0.05) is 31.5 Å². The molecule has 2 N–H and O–H groups in total. The molecule has 1 aromatic carbocycles. The third kappa shape index (κ3) is 4.80. The van der Waals surface area contributed by atoms with Gasteiger partial charge in [0.15, 0.2) is 0 Å². The van der Waals surface area contributed by atoms with Crippen LogP contribution in [0, 0.1) is 11.8 Å². The number of rotatable bonds is 4. The summed E-state index contributed by atoms with van der Waals surface area (Å²) in [4.78, 5) is 13.5. The Morgan fingerprint density at radius 2 is 2.05 bits per heavy atom. The molecule has 1 heterocycles. The minimum Gasteiger partial charge on any atom is -0.334 e. The largest absolute Gasteiger partial charge is 0.334 e. The van der Waals surface area contributed by atoms with Gasteiger partial charge in [-0.15, -0.1) is 0 Å². The molecule has 2 rings (SSSR count). The lowest BCUT2D eigenvalue weighted by atomic mass is 9.92. The molecular formula is C16H24ClN2O+. The number of carbonyl (C=O) groups is 1. The predicted octanol–water partition coefficient (Wildman–Crippen LogP) is 2.23. The number of anilines is 1. The van der Waals surface area contributed by atoms with Crippen molar-refractivity contribution in [2.75, 3.05) is 25.0 Å². The van der Waals surface area contributed by atoms with E-state index in [1.807, 2.05) is 12.1 Å². The van der Waals surface area contributed by atoms with Gasteiger partial charge in [-0.3, -0.25) is 4.79 Å². The standard InChI is InChI=1S/C16H23ClN2O/c1-12-8-13(2)11-19(10-12)7-6-16(20)18-15-5-3-4-14(17)9-15/h3-5,9,12-13H,6-8,10-11H2,1-2H3,(H,18,20)/p+1/t12-,13-/m0/s1. The molecule has 4 heteroatoms. The van der Waals surface area contributed by atoms with Crippen LogP contribution in [0.2, 0.25) is 5.02 Å². The van der Waals surface area contributed by atoms with E-state index in [-0.39, 0.29) is 5.91 Å². The molecular weight excluding hydrogens is 272 g/mol. The number of hydrogen-bond donors (Lipinski definition) is 2. The number of hydrogen-bond acceptors (Lipinski definition) is 1. The number of quaternary nitrogens is 1. The Bertz CT molecular complexity index is 454. The lowest BCUT2D eigenvalue weighted by molar-refractivity contribution is -0.911. The Balaban J connectivity index is 1.77. The average molecular weight is 296 g/mol. The second kappa shape index (κ2) is 7.09. The maximum atomic E-state index is 12.0. The fourth-order valence-corrected chi connectivity index (χ4v) is 3.40. The van der Waals surface area contributed by atoms with Crippen LogP contribution in [0.15, 0.2) is 24.3 Å². The van der Waals surface area contributed by atoms with Gasteiger partial charge in [-0.2, -0.15) is 0 Å². The van der Waals surface area contributed by atoms with E-state index in [2.05, 4.69) is 19.2 Å². The summed E-state index contributed by atoms with van der Waals surface area (Å²) in [7, 11) is 0. The van der Waals surface area contributed by atoms with Crippen molar-refractivity contribution in [3.05, 3.63) is 29.3 Å². The number of halogens is 1. The number of nitrogens with one attached hydrogen (secondary N) is 2. The fourth-order valence-electron chi connectivity index (χ4n) is 3.21. The van der Waals surface area contributed by atoms with Gasteiger partial charge in [0.1, 0.15) is 0 Å². The van der Waals surface area contributed by atoms with Gasteiger partial charge in [0, 0.05) is 22.5 Å². The zero-order chi connectivity index (χ0) is 14.5. The monoisotopic (exact) mass is 295 g/mol. The first-order valence-electron chi connectivity index (χ1n) is 7.42. The van der Waals surface area contributed by atoms with Gasteiger partial charge in [0.25, 0.3) is 0 Å². The smallest absolute Gasteiger partial charge is 0.230 e. The summed E-state index contributed by atoms with van der Waals surface area (Å²) >= 11 is 5.90. The second-order valence-corrected chi connectivity index (χ2v) is 6.60. The third-order valence-corrected chi connectivity index (χ3v) is 4.13.